The molecule has 6 bridgehead atoms. The highest BCUT2D eigenvalue weighted by molar-refractivity contribution is 6.74. The van der Waals surface area contributed by atoms with Gasteiger partial charge >= 0.3 is 30.2 Å². The van der Waals surface area contributed by atoms with E-state index in [4.69, 9.17) is 93.5 Å². The number of hydrogen-bond donors (Lipinski definition) is 3. The van der Waals surface area contributed by atoms with Gasteiger partial charge in [0, 0.05) is 57.7 Å². The maximum atomic E-state index is 14.6. The van der Waals surface area contributed by atoms with Gasteiger partial charge < -0.3 is 109 Å². The Hall–Kier alpha value is -6.72. The first-order valence-corrected chi connectivity index (χ1v) is 63.9. The van der Waals surface area contributed by atoms with Crippen LogP contribution in [0.4, 0.5) is 9.59 Å². The predicted octanol–water partition coefficient (Wildman–Crippen LogP) is 19.2. The molecule has 12 fully saturated rings. The van der Waals surface area contributed by atoms with Crippen LogP contribution in [0, 0.1) is 50.2 Å². The Morgan fingerprint density at radius 1 is 0.424 bits per heavy atom. The van der Waals surface area contributed by atoms with Gasteiger partial charge in [-0.2, -0.15) is 0 Å². The van der Waals surface area contributed by atoms with Gasteiger partial charge in [0.1, 0.15) is 71.2 Å². The van der Waals surface area contributed by atoms with E-state index in [1.807, 2.05) is 64.1 Å². The summed E-state index contributed by atoms with van der Waals surface area (Å²) in [4.78, 5) is 69.4. The number of fused-ring (bicyclic) bond motifs is 24. The van der Waals surface area contributed by atoms with Crippen molar-refractivity contribution in [2.75, 3.05) is 33.0 Å². The summed E-state index contributed by atoms with van der Waals surface area (Å²) in [5.41, 5.74) is -5.51. The lowest BCUT2D eigenvalue weighted by molar-refractivity contribution is -0.344. The van der Waals surface area contributed by atoms with Crippen molar-refractivity contribution < 1.29 is 133 Å². The average Bonchev–Trinajstić information content (AvgIpc) is 1.24. The van der Waals surface area contributed by atoms with Crippen molar-refractivity contribution in [2.45, 2.75) is 403 Å². The van der Waals surface area contributed by atoms with Crippen LogP contribution in [-0.2, 0) is 93.5 Å². The van der Waals surface area contributed by atoms with Crippen LogP contribution in [0.5, 0.6) is 0 Å². The second kappa shape index (κ2) is 41.1. The summed E-state index contributed by atoms with van der Waals surface area (Å²) in [6, 6.07) is 32.7. The highest BCUT2D eigenvalue weighted by Gasteiger charge is 2.82. The summed E-state index contributed by atoms with van der Waals surface area (Å²) >= 11 is 0. The number of ether oxygens (including phenoxy) is 16. The van der Waals surface area contributed by atoms with E-state index in [0.29, 0.717) is 79.2 Å². The fraction of sp³-hybridized carbons (Fsp3) is 0.688. The smallest absolute Gasteiger partial charge is 0.455 e. The van der Waals surface area contributed by atoms with Crippen molar-refractivity contribution >= 4 is 64.9 Å². The molecule has 0 amide bonds. The third kappa shape index (κ3) is 17.7. The van der Waals surface area contributed by atoms with E-state index in [1.165, 1.54) is 0 Å². The molecule has 6 aliphatic heterocycles. The van der Waals surface area contributed by atoms with Gasteiger partial charge in [-0.3, -0.25) is 0 Å². The van der Waals surface area contributed by atoms with Crippen LogP contribution in [0.3, 0.4) is 0 Å². The normalized spacial score (nSPS) is 39.9. The summed E-state index contributed by atoms with van der Waals surface area (Å²) in [5, 5.41) is 37.4. The second-order valence-electron chi connectivity index (χ2n) is 46.2. The van der Waals surface area contributed by atoms with Gasteiger partial charge in [-0.15, -0.1) is 0 Å². The van der Waals surface area contributed by atoms with Crippen LogP contribution in [0.15, 0.2) is 162 Å². The van der Waals surface area contributed by atoms with Crippen LogP contribution in [-0.4, -0.2) is 257 Å². The molecule has 6 heterocycles. The molecule has 3 N–H and O–H groups in total. The molecule has 0 radical (unpaired) electrons. The third-order valence-electron chi connectivity index (χ3n) is 37.7. The third-order valence-corrected chi connectivity index (χ3v) is 48.8. The molecule has 5 unspecified atom stereocenters. The molecule has 144 heavy (non-hydrogen) atoms. The maximum absolute atomic E-state index is 14.6. The molecule has 32 heteroatoms. The SMILES string of the molecule is C=CC1O[C@@H]2C3=C(C)C(O[Si](CC)(CC)CC)C[C@@](O[SiH](C)C)([C@@H](OC(=O)c4ccccc4)[C@H]4[C@@](C)(CC[C@H]5OC[C@]54O)[C@@H]2O1)C3(C)C.C=CC1O[C@@H]2C3=C(C)C(O[Si](CC)(CC)CC)C[C@@](O[SiH](C)C)([C@@H](OC(=O)c4ccccc4)[C@H]4[C@@](C)(CC[C@H]5OC[C@]54OC(=O)OCC)[C@@H]2O1)C3(C)C.C=CC1O[C@@H]2C3=C(C)[C@@H](O)C[C@@](O)([C@@H](OC(=O)c4ccccc4)[C@H]4[C@@](C)(CC[C@H]5OC[C@]54OC(=O)OCC)[C@@H]2O1)C3(C)C. The Morgan fingerprint density at radius 3 is 1.06 bits per heavy atom. The van der Waals surface area contributed by atoms with Crippen molar-refractivity contribution in [3.8, 4) is 0 Å². The summed E-state index contributed by atoms with van der Waals surface area (Å²) < 4.78 is 133. The van der Waals surface area contributed by atoms with E-state index in [9.17, 15) is 39.3 Å². The van der Waals surface area contributed by atoms with Crippen LogP contribution < -0.4 is 0 Å². The van der Waals surface area contributed by atoms with E-state index in [0.717, 1.165) is 58.6 Å². The number of benzene rings is 3. The Kier molecular flexibility index (Phi) is 31.4. The van der Waals surface area contributed by atoms with Crippen molar-refractivity contribution in [3.63, 3.8) is 0 Å². The zero-order valence-corrected chi connectivity index (χ0v) is 93.8. The Balaban J connectivity index is 0.000000156. The summed E-state index contributed by atoms with van der Waals surface area (Å²) in [7, 11) is -8.08. The first-order chi connectivity index (χ1) is 68.1. The zero-order valence-electron chi connectivity index (χ0n) is 89.5. The van der Waals surface area contributed by atoms with Crippen molar-refractivity contribution in [1.29, 1.82) is 0 Å². The number of carbonyl (C=O) groups is 5. The molecular formula is C112H162O28Si4. The molecule has 15 aliphatic rings. The molecule has 3 aromatic carbocycles. The van der Waals surface area contributed by atoms with E-state index in [-0.39, 0.29) is 57.8 Å². The average molecular weight is 2070 g/mol. The minimum Gasteiger partial charge on any atom is -0.455 e. The van der Waals surface area contributed by atoms with Crippen molar-refractivity contribution in [2.24, 2.45) is 50.2 Å². The van der Waals surface area contributed by atoms with Gasteiger partial charge in [0.15, 0.2) is 64.8 Å². The minimum atomic E-state index is -2.19. The number of aliphatic hydroxyl groups is 3. The first-order valence-electron chi connectivity index (χ1n) is 53.2. The lowest BCUT2D eigenvalue weighted by atomic mass is 9.45. The highest BCUT2D eigenvalue weighted by atomic mass is 28.4. The summed E-state index contributed by atoms with van der Waals surface area (Å²) in [6.07, 6.45) is -3.29. The van der Waals surface area contributed by atoms with Crippen molar-refractivity contribution in [3.05, 3.63) is 179 Å². The second-order valence-corrected chi connectivity index (χ2v) is 60.3. The molecule has 28 nitrogen and oxygen atoms in total. The monoisotopic (exact) mass is 2070 g/mol. The molecule has 6 saturated heterocycles. The fourth-order valence-electron chi connectivity index (χ4n) is 29.7. The van der Waals surface area contributed by atoms with Gasteiger partial charge in [-0.1, -0.05) is 178 Å². The largest absolute Gasteiger partial charge is 0.509 e. The number of carbonyl (C=O) groups excluding carboxylic acids is 5. The maximum Gasteiger partial charge on any atom is 0.509 e. The van der Waals surface area contributed by atoms with Crippen molar-refractivity contribution in [1.82, 2.24) is 0 Å². The lowest BCUT2D eigenvalue weighted by Crippen LogP contribution is -2.80. The topological polar surface area (TPSA) is 331 Å². The highest BCUT2D eigenvalue weighted by Crippen LogP contribution is 2.73. The van der Waals surface area contributed by atoms with Gasteiger partial charge in [0.25, 0.3) is 0 Å². The minimum absolute atomic E-state index is 0.0139. The molecule has 0 aromatic heterocycles. The van der Waals surface area contributed by atoms with E-state index < -0.39 is 241 Å². The van der Waals surface area contributed by atoms with Crippen LogP contribution in [0.25, 0.3) is 0 Å². The van der Waals surface area contributed by atoms with Gasteiger partial charge in [-0.05, 0) is 224 Å². The molecule has 18 rings (SSSR count). The lowest BCUT2D eigenvalue weighted by Gasteiger charge is -2.69. The van der Waals surface area contributed by atoms with Crippen LogP contribution >= 0.6 is 0 Å². The summed E-state index contributed by atoms with van der Waals surface area (Å²) in [5.74, 6) is -3.57. The van der Waals surface area contributed by atoms with E-state index in [2.05, 4.69) is 143 Å². The van der Waals surface area contributed by atoms with E-state index >= 15 is 0 Å². The number of hydrogen-bond acceptors (Lipinski definition) is 28. The first kappa shape index (κ1) is 110. The van der Waals surface area contributed by atoms with Gasteiger partial charge in [0.2, 0.25) is 0 Å². The standard InChI is InChI=1S/C41H62O10Si2.C38H58O8Si2.C33H42O10/c1-12-30-46-32-31-26(6)28(50-53(14-3,15-4)16-5)24-41(38(31,7)8,51-52(10)11)35(48-36(42)27-20-18-17-19-21-27)33-39(9,34(32)47-30)23-22-29-40(33,25-45-29)49-37(43)44-13-2;1-11-28-42-30-29-24(5)26(45-48(12-2,13-3)14-4)22-38(35(29,6)7,46-47(9)10)33(44-34(39)25-18-16-15-17-19-25)31-36(8,32(30)43-28)21-20-27-37(31,40)23-41-27;1-7-22-40-24-23-18(3)20(34)16-33(37,30(23,4)5)27(42-28(35)19-12-10-9-11-13-19)25-31(6,26(24)41-22)15-14-21-32(25,17-39-21)43-29(36)38-8-2/h12,17-21,28-30,32-35,52H,1,13-16,22-25H2,2-11H3;11,15-19,26-28,30-33,40,47H,1,12-14,20-23H2,2-10H3;7,9-13,20-22,24-27,34,37H,1,8,14-17H2,2-6H3/t28?,29-,30?,32-,33+,34-,35+,39-,40+,41-;26?,27-,28?,30-,31+,32-,33+,36-,37+,38-;20-,21+,22?,24+,25-,26+,27-,31+,32-,33+/m110/s1. The van der Waals surface area contributed by atoms with Gasteiger partial charge in [0.05, 0.1) is 104 Å². The molecule has 6 saturated carbocycles. The number of esters is 3. The van der Waals surface area contributed by atoms with E-state index in [1.54, 1.807) is 86.7 Å². The zero-order chi connectivity index (χ0) is 104. The Labute approximate surface area is 857 Å². The van der Waals surface area contributed by atoms with Crippen LogP contribution in [0.1, 0.15) is 227 Å². The molecule has 30 atom stereocenters. The number of aliphatic hydroxyl groups excluding tert-OH is 1. The fourth-order valence-corrected chi connectivity index (χ4v) is 38.2. The molecule has 794 valence electrons. The van der Waals surface area contributed by atoms with Gasteiger partial charge in [-0.25, -0.2) is 24.0 Å². The summed E-state index contributed by atoms with van der Waals surface area (Å²) in [6.45, 7) is 63.4. The molecular weight excluding hydrogens is 1910 g/mol. The Morgan fingerprint density at radius 2 is 0.743 bits per heavy atom. The Bertz CT molecular complexity index is 5300. The predicted molar refractivity (Wildman–Crippen MR) is 550 cm³/mol. The molecule has 3 aromatic rings. The quantitative estimate of drug-likeness (QED) is 0.0276. The van der Waals surface area contributed by atoms with Crippen LogP contribution in [0.2, 0.25) is 62.5 Å². The molecule has 9 aliphatic carbocycles. The molecule has 0 spiro atoms. The number of rotatable bonds is 27.